The van der Waals surface area contributed by atoms with E-state index in [9.17, 15) is 13.2 Å². The number of alkyl halides is 3. The summed E-state index contributed by atoms with van der Waals surface area (Å²) in [6.45, 7) is 0.622. The fraction of sp³-hybridized carbons (Fsp3) is 0.211. The second-order valence-corrected chi connectivity index (χ2v) is 6.56. The summed E-state index contributed by atoms with van der Waals surface area (Å²) in [5.41, 5.74) is 0.970. The van der Waals surface area contributed by atoms with Crippen LogP contribution in [0.15, 0.2) is 42.5 Å². The molecule has 1 aromatic heterocycles. The zero-order valence-corrected chi connectivity index (χ0v) is 15.0. The summed E-state index contributed by atoms with van der Waals surface area (Å²) in [7, 11) is 1.52. The van der Waals surface area contributed by atoms with E-state index in [1.807, 2.05) is 0 Å². The van der Waals surface area contributed by atoms with Crippen LogP contribution in [0.4, 0.5) is 19.0 Å². The van der Waals surface area contributed by atoms with Gasteiger partial charge in [0.25, 0.3) is 0 Å². The van der Waals surface area contributed by atoms with Gasteiger partial charge in [0, 0.05) is 22.7 Å². The maximum absolute atomic E-state index is 13.5. The van der Waals surface area contributed by atoms with Gasteiger partial charge in [-0.3, -0.25) is 0 Å². The van der Waals surface area contributed by atoms with Crippen molar-refractivity contribution in [1.82, 2.24) is 9.78 Å². The first-order valence-electron chi connectivity index (χ1n) is 8.26. The number of hydrogen-bond donors (Lipinski definition) is 1. The Bertz CT molecular complexity index is 1010. The molecule has 8 heteroatoms. The quantitative estimate of drug-likeness (QED) is 0.665. The zero-order chi connectivity index (χ0) is 19.2. The van der Waals surface area contributed by atoms with Gasteiger partial charge in [-0.2, -0.15) is 18.3 Å². The second kappa shape index (κ2) is 6.49. The summed E-state index contributed by atoms with van der Waals surface area (Å²) in [5.74, 6) is 1.18. The van der Waals surface area contributed by atoms with E-state index in [1.54, 1.807) is 28.9 Å². The monoisotopic (exact) mass is 393 g/mol. The highest BCUT2D eigenvalue weighted by Crippen LogP contribution is 2.42. The van der Waals surface area contributed by atoms with Crippen LogP contribution < -0.4 is 10.1 Å². The lowest BCUT2D eigenvalue weighted by atomic mass is 10.0. The highest BCUT2D eigenvalue weighted by molar-refractivity contribution is 6.30. The van der Waals surface area contributed by atoms with Crippen molar-refractivity contribution < 1.29 is 17.9 Å². The molecule has 0 saturated carbocycles. The summed E-state index contributed by atoms with van der Waals surface area (Å²) < 4.78 is 47.4. The average Bonchev–Trinajstić information content (AvgIpc) is 3.23. The molecule has 2 heterocycles. The fourth-order valence-corrected chi connectivity index (χ4v) is 3.50. The van der Waals surface area contributed by atoms with Crippen molar-refractivity contribution in [2.75, 3.05) is 19.0 Å². The zero-order valence-electron chi connectivity index (χ0n) is 14.3. The van der Waals surface area contributed by atoms with E-state index >= 15 is 0 Å². The Morgan fingerprint density at radius 2 is 1.96 bits per heavy atom. The normalized spacial score (nSPS) is 13.4. The Labute approximate surface area is 158 Å². The molecule has 1 aliphatic heterocycles. The van der Waals surface area contributed by atoms with Gasteiger partial charge in [0.05, 0.1) is 18.4 Å². The van der Waals surface area contributed by atoms with Crippen LogP contribution in [-0.2, 0) is 12.6 Å². The predicted octanol–water partition coefficient (Wildman–Crippen LogP) is 5.19. The molecule has 0 amide bonds. The summed E-state index contributed by atoms with van der Waals surface area (Å²) >= 11 is 6.12. The van der Waals surface area contributed by atoms with Crippen LogP contribution >= 0.6 is 11.6 Å². The van der Waals surface area contributed by atoms with Crippen LogP contribution in [0.2, 0.25) is 5.02 Å². The van der Waals surface area contributed by atoms with Crippen molar-refractivity contribution in [3.8, 4) is 22.7 Å². The number of hydrogen-bond acceptors (Lipinski definition) is 3. The number of methoxy groups -OCH3 is 1. The molecule has 0 saturated heterocycles. The summed E-state index contributed by atoms with van der Waals surface area (Å²) in [4.78, 5) is 0. The summed E-state index contributed by atoms with van der Waals surface area (Å²) in [5, 5.41) is 8.20. The number of halogens is 4. The third kappa shape index (κ3) is 3.02. The lowest BCUT2D eigenvalue weighted by Crippen LogP contribution is -2.09. The number of nitrogens with zero attached hydrogens (tertiary/aromatic N) is 2. The molecule has 0 spiro atoms. The van der Waals surface area contributed by atoms with Crippen LogP contribution in [0.3, 0.4) is 0 Å². The number of benzene rings is 2. The maximum Gasteiger partial charge on any atom is 0.417 e. The Morgan fingerprint density at radius 1 is 1.19 bits per heavy atom. The van der Waals surface area contributed by atoms with Crippen molar-refractivity contribution in [3.05, 3.63) is 58.6 Å². The van der Waals surface area contributed by atoms with Gasteiger partial charge in [-0.25, -0.2) is 4.68 Å². The SMILES string of the molecule is COc1ccc(Cl)cc1-n1nc(-c2ccccc2C(F)(F)F)c2c1NCC2. The molecular formula is C19H15ClF3N3O. The van der Waals surface area contributed by atoms with Crippen LogP contribution in [-0.4, -0.2) is 23.4 Å². The number of ether oxygens (including phenoxy) is 1. The minimum Gasteiger partial charge on any atom is -0.494 e. The highest BCUT2D eigenvalue weighted by atomic mass is 35.5. The Balaban J connectivity index is 1.96. The molecule has 0 atom stereocenters. The number of nitrogens with one attached hydrogen (secondary N) is 1. The van der Waals surface area contributed by atoms with Gasteiger partial charge in [-0.1, -0.05) is 29.8 Å². The average molecular weight is 394 g/mol. The molecule has 0 radical (unpaired) electrons. The van der Waals surface area contributed by atoms with E-state index in [-0.39, 0.29) is 5.56 Å². The minimum atomic E-state index is -4.47. The summed E-state index contributed by atoms with van der Waals surface area (Å²) in [6, 6.07) is 10.5. The predicted molar refractivity (Wildman–Crippen MR) is 97.8 cm³/mol. The van der Waals surface area contributed by atoms with Crippen LogP contribution in [0.25, 0.3) is 16.9 Å². The van der Waals surface area contributed by atoms with Gasteiger partial charge in [-0.15, -0.1) is 0 Å². The lowest BCUT2D eigenvalue weighted by molar-refractivity contribution is -0.137. The van der Waals surface area contributed by atoms with Crippen LogP contribution in [0, 0.1) is 0 Å². The third-order valence-corrected chi connectivity index (χ3v) is 4.74. The van der Waals surface area contributed by atoms with Crippen molar-refractivity contribution in [1.29, 1.82) is 0 Å². The molecule has 4 rings (SSSR count). The highest BCUT2D eigenvalue weighted by Gasteiger charge is 2.36. The first-order valence-corrected chi connectivity index (χ1v) is 8.64. The smallest absolute Gasteiger partial charge is 0.417 e. The van der Waals surface area contributed by atoms with Crippen LogP contribution in [0.1, 0.15) is 11.1 Å². The Hall–Kier alpha value is -2.67. The number of fused-ring (bicyclic) bond motifs is 1. The third-order valence-electron chi connectivity index (χ3n) is 4.51. The van der Waals surface area contributed by atoms with Gasteiger partial charge in [0.2, 0.25) is 0 Å². The van der Waals surface area contributed by atoms with Crippen molar-refractivity contribution in [3.63, 3.8) is 0 Å². The van der Waals surface area contributed by atoms with E-state index in [1.165, 1.54) is 19.2 Å². The van der Waals surface area contributed by atoms with Crippen LogP contribution in [0.5, 0.6) is 5.75 Å². The van der Waals surface area contributed by atoms with E-state index in [4.69, 9.17) is 16.3 Å². The molecule has 0 unspecified atom stereocenters. The molecule has 4 nitrogen and oxygen atoms in total. The molecule has 1 N–H and O–H groups in total. The molecule has 0 bridgehead atoms. The molecule has 0 fully saturated rings. The second-order valence-electron chi connectivity index (χ2n) is 6.12. The molecule has 140 valence electrons. The Kier molecular flexibility index (Phi) is 4.26. The van der Waals surface area contributed by atoms with E-state index < -0.39 is 11.7 Å². The van der Waals surface area contributed by atoms with E-state index in [0.29, 0.717) is 40.9 Å². The molecule has 3 aromatic rings. The van der Waals surface area contributed by atoms with Gasteiger partial charge in [0.1, 0.15) is 17.3 Å². The van der Waals surface area contributed by atoms with E-state index in [0.717, 1.165) is 11.6 Å². The maximum atomic E-state index is 13.5. The molecular weight excluding hydrogens is 379 g/mol. The molecule has 1 aliphatic rings. The standard InChI is InChI=1S/C19H15ClF3N3O/c1-27-16-7-6-11(20)10-15(16)26-18-13(8-9-24-18)17(25-26)12-4-2-3-5-14(12)19(21,22)23/h2-7,10,24H,8-9H2,1H3. The topological polar surface area (TPSA) is 39.1 Å². The molecule has 2 aromatic carbocycles. The molecule has 27 heavy (non-hydrogen) atoms. The minimum absolute atomic E-state index is 0.0599. The van der Waals surface area contributed by atoms with Gasteiger partial charge in [-0.05, 0) is 30.7 Å². The van der Waals surface area contributed by atoms with E-state index in [2.05, 4.69) is 10.4 Å². The van der Waals surface area contributed by atoms with Crippen molar-refractivity contribution in [2.45, 2.75) is 12.6 Å². The fourth-order valence-electron chi connectivity index (χ4n) is 3.33. The lowest BCUT2D eigenvalue weighted by Gasteiger charge is -2.12. The Morgan fingerprint density at radius 3 is 2.70 bits per heavy atom. The first kappa shape index (κ1) is 17.7. The van der Waals surface area contributed by atoms with Gasteiger partial charge < -0.3 is 10.1 Å². The number of rotatable bonds is 3. The van der Waals surface area contributed by atoms with Gasteiger partial charge in [0.15, 0.2) is 0 Å². The number of anilines is 1. The number of aromatic nitrogens is 2. The summed E-state index contributed by atoms with van der Waals surface area (Å²) in [6.07, 6.45) is -3.88. The molecule has 0 aliphatic carbocycles. The first-order chi connectivity index (χ1) is 12.9. The van der Waals surface area contributed by atoms with Gasteiger partial charge >= 0.3 is 6.18 Å². The largest absolute Gasteiger partial charge is 0.494 e. The van der Waals surface area contributed by atoms with Crippen molar-refractivity contribution >= 4 is 17.4 Å². The van der Waals surface area contributed by atoms with Crippen molar-refractivity contribution in [2.24, 2.45) is 0 Å².